The lowest BCUT2D eigenvalue weighted by molar-refractivity contribution is 0.0949. The zero-order valence-corrected chi connectivity index (χ0v) is 10.8. The summed E-state index contributed by atoms with van der Waals surface area (Å²) in [5, 5.41) is 0.612. The van der Waals surface area contributed by atoms with E-state index in [4.69, 9.17) is 17.3 Å². The predicted molar refractivity (Wildman–Crippen MR) is 69.3 cm³/mol. The Bertz CT molecular complexity index is 573. The Morgan fingerprint density at radius 2 is 2.24 bits per heavy atom. The molecule has 1 aliphatic rings. The first-order valence-corrected chi connectivity index (χ1v) is 6.27. The SMILES string of the molecule is CC1(C)C(N)CC1c1c(Cl)nc2ccccn12. The van der Waals surface area contributed by atoms with Crippen LogP contribution in [-0.4, -0.2) is 15.4 Å². The second-order valence-electron chi connectivity index (χ2n) is 5.43. The fourth-order valence-electron chi connectivity index (χ4n) is 2.72. The number of hydrogen-bond acceptors (Lipinski definition) is 2. The van der Waals surface area contributed by atoms with Crippen molar-refractivity contribution in [2.75, 3.05) is 0 Å². The molecule has 2 atom stereocenters. The van der Waals surface area contributed by atoms with Crippen molar-refractivity contribution in [3.05, 3.63) is 35.2 Å². The molecule has 0 aromatic carbocycles. The number of halogens is 1. The lowest BCUT2D eigenvalue weighted by Crippen LogP contribution is -2.53. The molecule has 2 aromatic rings. The molecular formula is C13H16ClN3. The highest BCUT2D eigenvalue weighted by Crippen LogP contribution is 2.52. The molecule has 2 heterocycles. The van der Waals surface area contributed by atoms with Crippen LogP contribution in [0.15, 0.2) is 24.4 Å². The summed E-state index contributed by atoms with van der Waals surface area (Å²) in [6.45, 7) is 4.40. The minimum absolute atomic E-state index is 0.0927. The number of hydrogen-bond donors (Lipinski definition) is 1. The van der Waals surface area contributed by atoms with E-state index in [0.29, 0.717) is 11.1 Å². The average molecular weight is 250 g/mol. The first kappa shape index (κ1) is 11.1. The van der Waals surface area contributed by atoms with E-state index in [1.165, 1.54) is 0 Å². The summed E-state index contributed by atoms with van der Waals surface area (Å²) in [5.41, 5.74) is 8.18. The van der Waals surface area contributed by atoms with E-state index in [9.17, 15) is 0 Å². The minimum Gasteiger partial charge on any atom is -0.327 e. The second-order valence-corrected chi connectivity index (χ2v) is 5.79. The highest BCUT2D eigenvalue weighted by atomic mass is 35.5. The molecule has 2 N–H and O–H groups in total. The van der Waals surface area contributed by atoms with Crippen molar-refractivity contribution in [2.24, 2.45) is 11.1 Å². The Hall–Kier alpha value is -1.06. The third-order valence-corrected chi connectivity index (χ3v) is 4.47. The predicted octanol–water partition coefficient (Wildman–Crippen LogP) is 2.83. The van der Waals surface area contributed by atoms with Gasteiger partial charge < -0.3 is 10.1 Å². The maximum absolute atomic E-state index is 6.28. The number of imidazole rings is 1. The quantitative estimate of drug-likeness (QED) is 0.845. The molecule has 0 aliphatic heterocycles. The van der Waals surface area contributed by atoms with Crippen molar-refractivity contribution >= 4 is 17.2 Å². The third kappa shape index (κ3) is 1.42. The highest BCUT2D eigenvalue weighted by Gasteiger charge is 2.48. The smallest absolute Gasteiger partial charge is 0.151 e. The summed E-state index contributed by atoms with van der Waals surface area (Å²) in [5.74, 6) is 0.391. The minimum atomic E-state index is 0.0927. The molecule has 0 amide bonds. The molecule has 1 fully saturated rings. The molecule has 90 valence electrons. The summed E-state index contributed by atoms with van der Waals surface area (Å²) in [4.78, 5) is 4.39. The van der Waals surface area contributed by atoms with Gasteiger partial charge in [-0.25, -0.2) is 4.98 Å². The third-order valence-electron chi connectivity index (χ3n) is 4.20. The molecule has 3 rings (SSSR count). The van der Waals surface area contributed by atoms with Gasteiger partial charge in [0.2, 0.25) is 0 Å². The normalized spacial score (nSPS) is 27.1. The Balaban J connectivity index is 2.15. The summed E-state index contributed by atoms with van der Waals surface area (Å²) < 4.78 is 2.08. The van der Waals surface area contributed by atoms with Crippen LogP contribution < -0.4 is 5.73 Å². The topological polar surface area (TPSA) is 43.3 Å². The molecule has 1 saturated carbocycles. The molecule has 2 unspecified atom stereocenters. The van der Waals surface area contributed by atoms with Crippen molar-refractivity contribution in [3.8, 4) is 0 Å². The van der Waals surface area contributed by atoms with Gasteiger partial charge in [-0.1, -0.05) is 31.5 Å². The summed E-state index contributed by atoms with van der Waals surface area (Å²) in [6, 6.07) is 6.19. The van der Waals surface area contributed by atoms with Crippen LogP contribution in [0.3, 0.4) is 0 Å². The fourth-order valence-corrected chi connectivity index (χ4v) is 3.03. The number of fused-ring (bicyclic) bond motifs is 1. The molecule has 17 heavy (non-hydrogen) atoms. The van der Waals surface area contributed by atoms with Gasteiger partial charge in [0.15, 0.2) is 5.15 Å². The number of nitrogens with zero attached hydrogens (tertiary/aromatic N) is 2. The van der Waals surface area contributed by atoms with Crippen molar-refractivity contribution in [3.63, 3.8) is 0 Å². The van der Waals surface area contributed by atoms with Crippen LogP contribution in [0, 0.1) is 5.41 Å². The largest absolute Gasteiger partial charge is 0.327 e. The molecule has 2 aromatic heterocycles. The van der Waals surface area contributed by atoms with Crippen molar-refractivity contribution in [2.45, 2.75) is 32.2 Å². The molecule has 0 spiro atoms. The molecule has 4 heteroatoms. The maximum atomic E-state index is 6.28. The summed E-state index contributed by atoms with van der Waals surface area (Å²) >= 11 is 6.28. The molecular weight excluding hydrogens is 234 g/mol. The highest BCUT2D eigenvalue weighted by molar-refractivity contribution is 6.30. The lowest BCUT2D eigenvalue weighted by Gasteiger charge is -2.50. The number of aromatic nitrogens is 2. The number of pyridine rings is 1. The number of nitrogens with two attached hydrogens (primary N) is 1. The van der Waals surface area contributed by atoms with Crippen LogP contribution in [0.25, 0.3) is 5.65 Å². The van der Waals surface area contributed by atoms with Gasteiger partial charge in [0.1, 0.15) is 5.65 Å². The van der Waals surface area contributed by atoms with Crippen LogP contribution in [0.4, 0.5) is 0 Å². The van der Waals surface area contributed by atoms with Gasteiger partial charge in [-0.3, -0.25) is 0 Å². The van der Waals surface area contributed by atoms with Crippen molar-refractivity contribution < 1.29 is 0 Å². The molecule has 0 radical (unpaired) electrons. The molecule has 0 saturated heterocycles. The maximum Gasteiger partial charge on any atom is 0.151 e. The monoisotopic (exact) mass is 249 g/mol. The van der Waals surface area contributed by atoms with Crippen LogP contribution in [0.2, 0.25) is 5.15 Å². The first-order chi connectivity index (χ1) is 8.01. The molecule has 3 nitrogen and oxygen atoms in total. The number of rotatable bonds is 1. The zero-order valence-electron chi connectivity index (χ0n) is 10.0. The van der Waals surface area contributed by atoms with Crippen LogP contribution in [0.1, 0.15) is 31.9 Å². The second kappa shape index (κ2) is 3.47. The van der Waals surface area contributed by atoms with Crippen LogP contribution in [-0.2, 0) is 0 Å². The van der Waals surface area contributed by atoms with E-state index >= 15 is 0 Å². The van der Waals surface area contributed by atoms with E-state index < -0.39 is 0 Å². The van der Waals surface area contributed by atoms with E-state index in [1.54, 1.807) is 0 Å². The Kier molecular flexibility index (Phi) is 2.25. The van der Waals surface area contributed by atoms with Crippen molar-refractivity contribution in [1.29, 1.82) is 0 Å². The molecule has 1 aliphatic carbocycles. The Morgan fingerprint density at radius 3 is 2.88 bits per heavy atom. The van der Waals surface area contributed by atoms with Gasteiger partial charge in [-0.15, -0.1) is 0 Å². The Morgan fingerprint density at radius 1 is 1.47 bits per heavy atom. The summed E-state index contributed by atoms with van der Waals surface area (Å²) in [6.07, 6.45) is 3.00. The average Bonchev–Trinajstić information content (AvgIpc) is 2.62. The van der Waals surface area contributed by atoms with E-state index in [0.717, 1.165) is 17.8 Å². The zero-order chi connectivity index (χ0) is 12.2. The standard InChI is InChI=1S/C13H16ClN3/c1-13(2)8(7-9(13)15)11-12(14)16-10-5-3-4-6-17(10)11/h3-6,8-9H,7,15H2,1-2H3. The summed E-state index contributed by atoms with van der Waals surface area (Å²) in [7, 11) is 0. The van der Waals surface area contributed by atoms with Crippen LogP contribution >= 0.6 is 11.6 Å². The van der Waals surface area contributed by atoms with Crippen molar-refractivity contribution in [1.82, 2.24) is 9.38 Å². The van der Waals surface area contributed by atoms with Gasteiger partial charge in [-0.05, 0) is 24.0 Å². The van der Waals surface area contributed by atoms with Gasteiger partial charge in [-0.2, -0.15) is 0 Å². The van der Waals surface area contributed by atoms with Gasteiger partial charge in [0.05, 0.1) is 5.69 Å². The van der Waals surface area contributed by atoms with Gasteiger partial charge in [0.25, 0.3) is 0 Å². The van der Waals surface area contributed by atoms with Crippen LogP contribution in [0.5, 0.6) is 0 Å². The fraction of sp³-hybridized carbons (Fsp3) is 0.462. The lowest BCUT2D eigenvalue weighted by atomic mass is 9.58. The van der Waals surface area contributed by atoms with Gasteiger partial charge >= 0.3 is 0 Å². The van der Waals surface area contributed by atoms with E-state index in [2.05, 4.69) is 23.2 Å². The molecule has 0 bridgehead atoms. The van der Waals surface area contributed by atoms with E-state index in [1.807, 2.05) is 24.4 Å². The Labute approximate surface area is 106 Å². The van der Waals surface area contributed by atoms with Gasteiger partial charge in [0, 0.05) is 18.2 Å². The first-order valence-electron chi connectivity index (χ1n) is 5.90. The van der Waals surface area contributed by atoms with E-state index in [-0.39, 0.29) is 11.5 Å².